The lowest BCUT2D eigenvalue weighted by atomic mass is 10.0. The fourth-order valence-corrected chi connectivity index (χ4v) is 3.23. The summed E-state index contributed by atoms with van der Waals surface area (Å²) in [5.74, 6) is 0.0194. The second-order valence-corrected chi connectivity index (χ2v) is 6.96. The van der Waals surface area contributed by atoms with Gasteiger partial charge in [0.25, 0.3) is 0 Å². The van der Waals surface area contributed by atoms with E-state index in [1.54, 1.807) is 17.8 Å². The Morgan fingerprint density at radius 2 is 2.00 bits per heavy atom. The Kier molecular flexibility index (Phi) is 7.69. The second kappa shape index (κ2) is 9.78. The average Bonchev–Trinajstić information content (AvgIpc) is 2.60. The molecule has 1 aliphatic heterocycles. The van der Waals surface area contributed by atoms with Crippen molar-refractivity contribution in [2.24, 2.45) is 0 Å². The van der Waals surface area contributed by atoms with Crippen LogP contribution < -0.4 is 5.32 Å². The summed E-state index contributed by atoms with van der Waals surface area (Å²) in [5, 5.41) is 3.13. The van der Waals surface area contributed by atoms with E-state index in [9.17, 15) is 4.79 Å². The lowest BCUT2D eigenvalue weighted by Gasteiger charge is -2.32. The summed E-state index contributed by atoms with van der Waals surface area (Å²) in [6.45, 7) is 5.63. The number of carbonyl (C=O) groups excluding carboxylic acids is 1. The normalized spacial score (nSPS) is 16.8. The molecule has 0 unspecified atom stereocenters. The summed E-state index contributed by atoms with van der Waals surface area (Å²) < 4.78 is 0. The van der Waals surface area contributed by atoms with Crippen molar-refractivity contribution in [2.45, 2.75) is 43.5 Å². The molecule has 0 spiro atoms. The van der Waals surface area contributed by atoms with Gasteiger partial charge in [0.05, 0.1) is 0 Å². The minimum absolute atomic E-state index is 0.0194. The highest BCUT2D eigenvalue weighted by Gasteiger charge is 2.19. The first kappa shape index (κ1) is 18.1. The molecular formula is C19H28N2OS. The van der Waals surface area contributed by atoms with Gasteiger partial charge >= 0.3 is 0 Å². The third kappa shape index (κ3) is 6.40. The maximum Gasteiger partial charge on any atom is 0.244 e. The molecule has 1 amide bonds. The number of likely N-dealkylation sites (tertiary alicyclic amines) is 1. The van der Waals surface area contributed by atoms with Crippen LogP contribution >= 0.6 is 11.8 Å². The molecule has 1 aromatic carbocycles. The molecule has 1 saturated heterocycles. The second-order valence-electron chi connectivity index (χ2n) is 6.08. The van der Waals surface area contributed by atoms with Gasteiger partial charge in [-0.05, 0) is 55.8 Å². The van der Waals surface area contributed by atoms with Gasteiger partial charge in [-0.3, -0.25) is 4.79 Å². The SMILES string of the molecule is CCCCN1CCC(NC(=O)/C=C/c2ccc(SC)cc2)CC1. The summed E-state index contributed by atoms with van der Waals surface area (Å²) in [6, 6.07) is 8.57. The molecule has 0 aliphatic carbocycles. The number of nitrogens with one attached hydrogen (secondary N) is 1. The Labute approximate surface area is 144 Å². The summed E-state index contributed by atoms with van der Waals surface area (Å²) in [4.78, 5) is 15.8. The van der Waals surface area contributed by atoms with Crippen LogP contribution in [0.4, 0.5) is 0 Å². The quantitative estimate of drug-likeness (QED) is 0.609. The van der Waals surface area contributed by atoms with Crippen LogP contribution in [0.2, 0.25) is 0 Å². The Morgan fingerprint density at radius 3 is 2.61 bits per heavy atom. The van der Waals surface area contributed by atoms with Gasteiger partial charge in [-0.1, -0.05) is 25.5 Å². The molecule has 0 aromatic heterocycles. The largest absolute Gasteiger partial charge is 0.350 e. The van der Waals surface area contributed by atoms with Crippen LogP contribution in [0.1, 0.15) is 38.2 Å². The number of thioether (sulfide) groups is 1. The number of hydrogen-bond donors (Lipinski definition) is 1. The highest BCUT2D eigenvalue weighted by atomic mass is 32.2. The molecule has 126 valence electrons. The number of amides is 1. The van der Waals surface area contributed by atoms with Crippen molar-refractivity contribution in [3.05, 3.63) is 35.9 Å². The third-order valence-corrected chi connectivity index (χ3v) is 5.05. The number of unbranched alkanes of at least 4 members (excludes halogenated alkanes) is 1. The number of nitrogens with zero attached hydrogens (tertiary/aromatic N) is 1. The van der Waals surface area contributed by atoms with Gasteiger partial charge in [0.2, 0.25) is 5.91 Å². The summed E-state index contributed by atoms with van der Waals surface area (Å²) in [5.41, 5.74) is 1.06. The Morgan fingerprint density at radius 1 is 1.30 bits per heavy atom. The van der Waals surface area contributed by atoms with Crippen molar-refractivity contribution in [3.63, 3.8) is 0 Å². The first-order valence-electron chi connectivity index (χ1n) is 8.56. The molecule has 0 bridgehead atoms. The fraction of sp³-hybridized carbons (Fsp3) is 0.526. The van der Waals surface area contributed by atoms with Gasteiger partial charge in [0, 0.05) is 30.1 Å². The number of hydrogen-bond acceptors (Lipinski definition) is 3. The molecule has 4 heteroatoms. The van der Waals surface area contributed by atoms with Crippen LogP contribution in [0.25, 0.3) is 6.08 Å². The predicted octanol–water partition coefficient (Wildman–Crippen LogP) is 3.80. The van der Waals surface area contributed by atoms with E-state index in [0.29, 0.717) is 6.04 Å². The van der Waals surface area contributed by atoms with Gasteiger partial charge in [-0.25, -0.2) is 0 Å². The van der Waals surface area contributed by atoms with Crippen LogP contribution in [-0.2, 0) is 4.79 Å². The summed E-state index contributed by atoms with van der Waals surface area (Å²) in [7, 11) is 0. The zero-order chi connectivity index (χ0) is 16.5. The first-order chi connectivity index (χ1) is 11.2. The van der Waals surface area contributed by atoms with Crippen LogP contribution in [0.15, 0.2) is 35.2 Å². The Hall–Kier alpha value is -1.26. The van der Waals surface area contributed by atoms with Gasteiger partial charge in [0.15, 0.2) is 0 Å². The maximum atomic E-state index is 12.0. The smallest absolute Gasteiger partial charge is 0.244 e. The lowest BCUT2D eigenvalue weighted by molar-refractivity contribution is -0.117. The number of carbonyl (C=O) groups is 1. The molecule has 1 heterocycles. The topological polar surface area (TPSA) is 32.3 Å². The molecule has 3 nitrogen and oxygen atoms in total. The van der Waals surface area contributed by atoms with Crippen molar-refractivity contribution in [1.82, 2.24) is 10.2 Å². The highest BCUT2D eigenvalue weighted by molar-refractivity contribution is 7.98. The molecule has 0 atom stereocenters. The van der Waals surface area contributed by atoms with E-state index < -0.39 is 0 Å². The molecule has 1 fully saturated rings. The molecule has 1 aliphatic rings. The summed E-state index contributed by atoms with van der Waals surface area (Å²) >= 11 is 1.72. The molecule has 0 saturated carbocycles. The number of benzene rings is 1. The van der Waals surface area contributed by atoms with E-state index in [2.05, 4.69) is 35.5 Å². The molecule has 1 aromatic rings. The molecule has 23 heavy (non-hydrogen) atoms. The predicted molar refractivity (Wildman–Crippen MR) is 99.8 cm³/mol. The van der Waals surface area contributed by atoms with Crippen molar-refractivity contribution < 1.29 is 4.79 Å². The van der Waals surface area contributed by atoms with Crippen molar-refractivity contribution >= 4 is 23.7 Å². The van der Waals surface area contributed by atoms with Crippen molar-refractivity contribution in [3.8, 4) is 0 Å². The number of piperidine rings is 1. The van der Waals surface area contributed by atoms with Gasteiger partial charge < -0.3 is 10.2 Å². The standard InChI is InChI=1S/C19H28N2OS/c1-3-4-13-21-14-11-17(12-15-21)20-19(22)10-7-16-5-8-18(23-2)9-6-16/h5-10,17H,3-4,11-15H2,1-2H3,(H,20,22)/b10-7+. The minimum Gasteiger partial charge on any atom is -0.350 e. The molecule has 1 N–H and O–H groups in total. The fourth-order valence-electron chi connectivity index (χ4n) is 2.82. The Bertz CT molecular complexity index is 505. The zero-order valence-electron chi connectivity index (χ0n) is 14.3. The first-order valence-corrected chi connectivity index (χ1v) is 9.78. The Balaban J connectivity index is 1.73. The minimum atomic E-state index is 0.0194. The lowest BCUT2D eigenvalue weighted by Crippen LogP contribution is -2.44. The monoisotopic (exact) mass is 332 g/mol. The highest BCUT2D eigenvalue weighted by Crippen LogP contribution is 2.15. The van der Waals surface area contributed by atoms with E-state index in [-0.39, 0.29) is 5.91 Å². The van der Waals surface area contributed by atoms with Gasteiger partial charge in [-0.2, -0.15) is 0 Å². The third-order valence-electron chi connectivity index (χ3n) is 4.30. The van der Waals surface area contributed by atoms with Crippen LogP contribution in [0, 0.1) is 0 Å². The molecule has 0 radical (unpaired) electrons. The van der Waals surface area contributed by atoms with Crippen molar-refractivity contribution in [1.29, 1.82) is 0 Å². The van der Waals surface area contributed by atoms with E-state index in [4.69, 9.17) is 0 Å². The summed E-state index contributed by atoms with van der Waals surface area (Å²) in [6.07, 6.45) is 10.2. The van der Waals surface area contributed by atoms with Crippen LogP contribution in [-0.4, -0.2) is 42.7 Å². The van der Waals surface area contributed by atoms with E-state index in [1.807, 2.05) is 18.2 Å². The number of rotatable bonds is 7. The average molecular weight is 333 g/mol. The van der Waals surface area contributed by atoms with E-state index in [1.165, 1.54) is 24.3 Å². The van der Waals surface area contributed by atoms with E-state index in [0.717, 1.165) is 31.5 Å². The van der Waals surface area contributed by atoms with Crippen LogP contribution in [0.5, 0.6) is 0 Å². The molecule has 2 rings (SSSR count). The van der Waals surface area contributed by atoms with Gasteiger partial charge in [-0.15, -0.1) is 11.8 Å². The maximum absolute atomic E-state index is 12.0. The molecular weight excluding hydrogens is 304 g/mol. The van der Waals surface area contributed by atoms with Crippen molar-refractivity contribution in [2.75, 3.05) is 25.9 Å². The van der Waals surface area contributed by atoms with E-state index >= 15 is 0 Å². The zero-order valence-corrected chi connectivity index (χ0v) is 15.1. The van der Waals surface area contributed by atoms with Gasteiger partial charge in [0.1, 0.15) is 0 Å². The van der Waals surface area contributed by atoms with Crippen LogP contribution in [0.3, 0.4) is 0 Å².